The second-order valence-electron chi connectivity index (χ2n) is 9.68. The molecule has 0 radical (unpaired) electrons. The second-order valence-corrected chi connectivity index (χ2v) is 9.68. The van der Waals surface area contributed by atoms with Crippen LogP contribution in [0.25, 0.3) is 0 Å². The van der Waals surface area contributed by atoms with E-state index >= 15 is 0 Å². The Balaban J connectivity index is 2.66. The molecule has 2 fully saturated rings. The lowest BCUT2D eigenvalue weighted by atomic mass is 9.96. The lowest BCUT2D eigenvalue weighted by Gasteiger charge is -2.48. The van der Waals surface area contributed by atoms with Crippen molar-refractivity contribution in [2.75, 3.05) is 13.2 Å². The molecule has 0 unspecified atom stereocenters. The number of aliphatic hydroxyl groups is 1. The normalized spacial score (nSPS) is 31.5. The van der Waals surface area contributed by atoms with E-state index in [1.165, 1.54) is 0 Å². The zero-order valence-corrected chi connectivity index (χ0v) is 25.1. The monoisotopic (exact) mass is 636 g/mol. The Kier molecular flexibility index (Phi) is 13.4. The van der Waals surface area contributed by atoms with Gasteiger partial charge in [-0.05, 0) is 0 Å². The van der Waals surface area contributed by atoms with E-state index in [2.05, 4.69) is 0 Å². The molecule has 0 aromatic rings. The second kappa shape index (κ2) is 16.3. The van der Waals surface area contributed by atoms with Crippen LogP contribution in [0.1, 0.15) is 48.5 Å². The molecule has 0 saturated carbocycles. The first-order valence-electron chi connectivity index (χ1n) is 13.3. The van der Waals surface area contributed by atoms with Crippen molar-refractivity contribution >= 4 is 41.8 Å². The summed E-state index contributed by atoms with van der Waals surface area (Å²) in [7, 11) is 0. The highest BCUT2D eigenvalue weighted by Crippen LogP contribution is 2.34. The van der Waals surface area contributed by atoms with Crippen LogP contribution in [0, 0.1) is 0 Å². The summed E-state index contributed by atoms with van der Waals surface area (Å²) in [4.78, 5) is 83.5. The number of hydrogen-bond acceptors (Lipinski definition) is 18. The van der Waals surface area contributed by atoms with E-state index in [4.69, 9.17) is 47.4 Å². The summed E-state index contributed by atoms with van der Waals surface area (Å²) >= 11 is 0. The molecule has 2 saturated heterocycles. The van der Waals surface area contributed by atoms with Gasteiger partial charge in [0.1, 0.15) is 31.5 Å². The van der Waals surface area contributed by atoms with E-state index in [9.17, 15) is 38.7 Å². The fourth-order valence-corrected chi connectivity index (χ4v) is 4.49. The van der Waals surface area contributed by atoms with E-state index in [0.29, 0.717) is 0 Å². The summed E-state index contributed by atoms with van der Waals surface area (Å²) < 4.78 is 54.1. The van der Waals surface area contributed by atoms with Crippen molar-refractivity contribution in [1.82, 2.24) is 0 Å². The molecule has 248 valence electrons. The zero-order valence-electron chi connectivity index (χ0n) is 25.1. The predicted molar refractivity (Wildman–Crippen MR) is 135 cm³/mol. The number of carbonyl (C=O) groups is 7. The predicted octanol–water partition coefficient (Wildman–Crippen LogP) is -1.40. The smallest absolute Gasteiger partial charge is 0.303 e. The van der Waals surface area contributed by atoms with E-state index in [0.717, 1.165) is 48.5 Å². The Labute approximate surface area is 251 Å². The number of carbonyl (C=O) groups excluding carboxylic acids is 7. The maximum Gasteiger partial charge on any atom is 0.303 e. The van der Waals surface area contributed by atoms with Crippen LogP contribution in [0.4, 0.5) is 0 Å². The molecule has 0 aromatic carbocycles. The molecule has 0 aliphatic carbocycles. The average molecular weight is 637 g/mol. The maximum absolute atomic E-state index is 12.2. The molecular formula is C26H36O18. The lowest BCUT2D eigenvalue weighted by molar-refractivity contribution is -0.357. The van der Waals surface area contributed by atoms with E-state index in [-0.39, 0.29) is 0 Å². The first-order chi connectivity index (χ1) is 20.5. The highest BCUT2D eigenvalue weighted by molar-refractivity contribution is 5.69. The van der Waals surface area contributed by atoms with E-state index in [1.807, 2.05) is 0 Å². The van der Waals surface area contributed by atoms with Crippen LogP contribution in [-0.4, -0.2) is 122 Å². The molecular weight excluding hydrogens is 600 g/mol. The molecule has 1 N–H and O–H groups in total. The molecule has 2 aliphatic heterocycles. The number of rotatable bonds is 11. The molecule has 2 heterocycles. The first-order valence-corrected chi connectivity index (χ1v) is 13.3. The third-order valence-electron chi connectivity index (χ3n) is 5.90. The summed E-state index contributed by atoms with van der Waals surface area (Å²) in [5.41, 5.74) is 0. The summed E-state index contributed by atoms with van der Waals surface area (Å²) in [5.74, 6) is -6.03. The molecule has 18 heteroatoms. The maximum atomic E-state index is 12.2. The fourth-order valence-electron chi connectivity index (χ4n) is 4.49. The van der Waals surface area contributed by atoms with Gasteiger partial charge < -0.3 is 52.5 Å². The molecule has 0 bridgehead atoms. The van der Waals surface area contributed by atoms with Gasteiger partial charge in [0.2, 0.25) is 0 Å². The van der Waals surface area contributed by atoms with Gasteiger partial charge in [-0.15, -0.1) is 0 Å². The fraction of sp³-hybridized carbons (Fsp3) is 0.731. The number of ether oxygens (including phenoxy) is 10. The minimum absolute atomic E-state index is 0.572. The molecule has 0 spiro atoms. The molecule has 2 rings (SSSR count). The number of esters is 7. The summed E-state index contributed by atoms with van der Waals surface area (Å²) in [6, 6.07) is 0. The van der Waals surface area contributed by atoms with Crippen molar-refractivity contribution in [3.05, 3.63) is 0 Å². The molecule has 18 nitrogen and oxygen atoms in total. The van der Waals surface area contributed by atoms with Gasteiger partial charge in [-0.1, -0.05) is 0 Å². The third kappa shape index (κ3) is 10.7. The van der Waals surface area contributed by atoms with E-state index in [1.54, 1.807) is 0 Å². The van der Waals surface area contributed by atoms with Crippen LogP contribution in [0.2, 0.25) is 0 Å². The van der Waals surface area contributed by atoms with Crippen molar-refractivity contribution in [3.8, 4) is 0 Å². The van der Waals surface area contributed by atoms with Crippen LogP contribution in [-0.2, 0) is 80.9 Å². The molecule has 10 atom stereocenters. The highest BCUT2D eigenvalue weighted by atomic mass is 16.8. The van der Waals surface area contributed by atoms with Gasteiger partial charge in [-0.2, -0.15) is 0 Å². The van der Waals surface area contributed by atoms with Crippen LogP contribution >= 0.6 is 0 Å². The minimum Gasteiger partial charge on any atom is -0.463 e. The Morgan fingerprint density at radius 1 is 0.477 bits per heavy atom. The van der Waals surface area contributed by atoms with Gasteiger partial charge in [-0.3, -0.25) is 33.6 Å². The average Bonchev–Trinajstić information content (AvgIpc) is 2.87. The first kappa shape index (κ1) is 36.3. The Morgan fingerprint density at radius 2 is 0.841 bits per heavy atom. The highest BCUT2D eigenvalue weighted by Gasteiger charge is 2.57. The van der Waals surface area contributed by atoms with Gasteiger partial charge in [0, 0.05) is 48.5 Å². The van der Waals surface area contributed by atoms with Crippen LogP contribution in [0.15, 0.2) is 0 Å². The van der Waals surface area contributed by atoms with Crippen molar-refractivity contribution in [1.29, 1.82) is 0 Å². The Hall–Kier alpha value is -3.87. The van der Waals surface area contributed by atoms with Crippen molar-refractivity contribution in [2.45, 2.75) is 110 Å². The van der Waals surface area contributed by atoms with Gasteiger partial charge in [-0.25, -0.2) is 0 Å². The zero-order chi connectivity index (χ0) is 33.3. The molecule has 44 heavy (non-hydrogen) atoms. The van der Waals surface area contributed by atoms with E-state index < -0.39 is 116 Å². The van der Waals surface area contributed by atoms with Crippen molar-refractivity contribution < 1.29 is 86.0 Å². The Morgan fingerprint density at radius 3 is 1.27 bits per heavy atom. The standard InChI is InChI=1S/C26H36O18/c1-10(27)35-8-17-20(21(38-13(4)30)23(25(34)42-17)40-15(6)32)44-26-24(41-16(7)33)22(39-14(5)31)19(37-12(3)29)18(43-26)9-36-11(2)28/h17-26,34H,8-9H2,1-7H3/t17-,18+,19+,20+,21+,22+,23+,24+,25+,26+/m0/s1. The van der Waals surface area contributed by atoms with Gasteiger partial charge in [0.15, 0.2) is 43.1 Å². The van der Waals surface area contributed by atoms with Gasteiger partial charge in [0.25, 0.3) is 0 Å². The van der Waals surface area contributed by atoms with Crippen LogP contribution in [0.3, 0.4) is 0 Å². The van der Waals surface area contributed by atoms with Gasteiger partial charge >= 0.3 is 41.8 Å². The quantitative estimate of drug-likeness (QED) is 0.203. The number of aliphatic hydroxyl groups excluding tert-OH is 1. The summed E-state index contributed by atoms with van der Waals surface area (Å²) in [6.07, 6.45) is -16.3. The SMILES string of the molecule is CC(=O)OC[C@@H]1O[C@@H](O)[C@H](OC(C)=O)[C@H](OC(C)=O)[C@@H]1O[C@H]1O[C@H](COC(C)=O)[C@@H](OC(C)=O)[C@@H](OC(C)=O)[C@H]1OC(C)=O. The molecule has 2 aliphatic rings. The largest absolute Gasteiger partial charge is 0.463 e. The Bertz CT molecular complexity index is 1090. The lowest BCUT2D eigenvalue weighted by Crippen LogP contribution is -2.67. The van der Waals surface area contributed by atoms with Crippen molar-refractivity contribution in [2.24, 2.45) is 0 Å². The summed E-state index contributed by atoms with van der Waals surface area (Å²) in [5, 5.41) is 10.6. The van der Waals surface area contributed by atoms with Gasteiger partial charge in [0.05, 0.1) is 0 Å². The minimum atomic E-state index is -1.90. The molecule has 0 aromatic heterocycles. The summed E-state index contributed by atoms with van der Waals surface area (Å²) in [6.45, 7) is 6.11. The third-order valence-corrected chi connectivity index (χ3v) is 5.90. The van der Waals surface area contributed by atoms with Crippen molar-refractivity contribution in [3.63, 3.8) is 0 Å². The molecule has 0 amide bonds. The topological polar surface area (TPSA) is 232 Å². The number of hydrogen-bond donors (Lipinski definition) is 1. The van der Waals surface area contributed by atoms with Crippen LogP contribution < -0.4 is 0 Å². The van der Waals surface area contributed by atoms with Crippen LogP contribution in [0.5, 0.6) is 0 Å².